The fraction of sp³-hybridized carbons (Fsp3) is 0.588. The SMILES string of the molecule is CC(C)CNCC1CCN(c2snc3ccccc23)CC1. The Bertz CT molecular complexity index is 570. The van der Waals surface area contributed by atoms with E-state index < -0.39 is 0 Å². The number of anilines is 1. The number of benzene rings is 1. The molecule has 2 aromatic rings. The molecule has 0 atom stereocenters. The average Bonchev–Trinajstić information content (AvgIpc) is 2.92. The smallest absolute Gasteiger partial charge is 0.119 e. The maximum absolute atomic E-state index is 4.57. The minimum atomic E-state index is 0.744. The molecule has 1 aromatic carbocycles. The summed E-state index contributed by atoms with van der Waals surface area (Å²) in [6.45, 7) is 9.19. The van der Waals surface area contributed by atoms with Gasteiger partial charge in [-0.05, 0) is 61.4 Å². The summed E-state index contributed by atoms with van der Waals surface area (Å²) in [5.41, 5.74) is 1.14. The Labute approximate surface area is 131 Å². The molecule has 21 heavy (non-hydrogen) atoms. The second kappa shape index (κ2) is 6.75. The molecule has 0 amide bonds. The molecule has 3 rings (SSSR count). The lowest BCUT2D eigenvalue weighted by atomic mass is 9.96. The van der Waals surface area contributed by atoms with Crippen molar-refractivity contribution in [2.24, 2.45) is 11.8 Å². The van der Waals surface area contributed by atoms with Crippen molar-refractivity contribution in [3.63, 3.8) is 0 Å². The number of rotatable bonds is 5. The predicted molar refractivity (Wildman–Crippen MR) is 92.3 cm³/mol. The minimum absolute atomic E-state index is 0.744. The second-order valence-corrected chi connectivity index (χ2v) is 7.24. The van der Waals surface area contributed by atoms with E-state index in [0.717, 1.165) is 23.9 Å². The third kappa shape index (κ3) is 3.55. The summed E-state index contributed by atoms with van der Waals surface area (Å²) in [6.07, 6.45) is 2.58. The van der Waals surface area contributed by atoms with Crippen molar-refractivity contribution in [2.45, 2.75) is 26.7 Å². The summed E-state index contributed by atoms with van der Waals surface area (Å²) in [7, 11) is 0. The molecule has 0 bridgehead atoms. The Balaban J connectivity index is 1.56. The normalized spacial score (nSPS) is 17.0. The summed E-state index contributed by atoms with van der Waals surface area (Å²) in [5.74, 6) is 1.58. The first kappa shape index (κ1) is 14.8. The van der Waals surface area contributed by atoms with Crippen LogP contribution in [0.4, 0.5) is 5.00 Å². The second-order valence-electron chi connectivity index (χ2n) is 6.49. The van der Waals surface area contributed by atoms with Crippen molar-refractivity contribution >= 4 is 27.4 Å². The third-order valence-electron chi connectivity index (χ3n) is 4.25. The molecule has 1 aromatic heterocycles. The van der Waals surface area contributed by atoms with E-state index in [2.05, 4.69) is 52.7 Å². The van der Waals surface area contributed by atoms with Crippen LogP contribution in [-0.2, 0) is 0 Å². The number of piperidine rings is 1. The summed E-state index contributed by atoms with van der Waals surface area (Å²) >= 11 is 1.65. The van der Waals surface area contributed by atoms with Gasteiger partial charge in [-0.3, -0.25) is 0 Å². The van der Waals surface area contributed by atoms with Crippen molar-refractivity contribution in [2.75, 3.05) is 31.1 Å². The zero-order valence-corrected chi connectivity index (χ0v) is 13.8. The van der Waals surface area contributed by atoms with Crippen LogP contribution in [0.25, 0.3) is 10.9 Å². The van der Waals surface area contributed by atoms with Crippen LogP contribution in [0.3, 0.4) is 0 Å². The van der Waals surface area contributed by atoms with Gasteiger partial charge in [-0.25, -0.2) is 0 Å². The van der Waals surface area contributed by atoms with Gasteiger partial charge < -0.3 is 10.2 Å². The zero-order valence-electron chi connectivity index (χ0n) is 13.0. The summed E-state index contributed by atoms with van der Waals surface area (Å²) in [4.78, 5) is 2.53. The van der Waals surface area contributed by atoms with Gasteiger partial charge >= 0.3 is 0 Å². The van der Waals surface area contributed by atoms with Crippen LogP contribution in [0, 0.1) is 11.8 Å². The van der Waals surface area contributed by atoms with E-state index in [1.54, 1.807) is 11.5 Å². The number of nitrogens with zero attached hydrogens (tertiary/aromatic N) is 2. The summed E-state index contributed by atoms with van der Waals surface area (Å²) in [6, 6.07) is 8.49. The molecule has 1 fully saturated rings. The lowest BCUT2D eigenvalue weighted by Gasteiger charge is -2.32. The van der Waals surface area contributed by atoms with Crippen LogP contribution in [0.15, 0.2) is 24.3 Å². The lowest BCUT2D eigenvalue weighted by Crippen LogP contribution is -2.37. The Hall–Kier alpha value is -1.13. The highest BCUT2D eigenvalue weighted by Gasteiger charge is 2.21. The summed E-state index contributed by atoms with van der Waals surface area (Å²) in [5, 5.41) is 6.28. The molecule has 2 heterocycles. The van der Waals surface area contributed by atoms with Crippen molar-refractivity contribution in [3.05, 3.63) is 24.3 Å². The van der Waals surface area contributed by atoms with Gasteiger partial charge in [0.05, 0.1) is 5.52 Å². The first-order chi connectivity index (χ1) is 10.2. The Morgan fingerprint density at radius 3 is 2.81 bits per heavy atom. The van der Waals surface area contributed by atoms with E-state index in [-0.39, 0.29) is 0 Å². The quantitative estimate of drug-likeness (QED) is 0.911. The van der Waals surface area contributed by atoms with Crippen LogP contribution in [-0.4, -0.2) is 30.6 Å². The third-order valence-corrected chi connectivity index (χ3v) is 5.19. The van der Waals surface area contributed by atoms with E-state index in [1.165, 1.54) is 42.9 Å². The van der Waals surface area contributed by atoms with E-state index >= 15 is 0 Å². The average molecular weight is 303 g/mol. The topological polar surface area (TPSA) is 28.2 Å². The molecule has 0 radical (unpaired) electrons. The fourth-order valence-corrected chi connectivity index (χ4v) is 3.93. The molecule has 4 heteroatoms. The van der Waals surface area contributed by atoms with Crippen molar-refractivity contribution < 1.29 is 0 Å². The van der Waals surface area contributed by atoms with Gasteiger partial charge in [-0.15, -0.1) is 0 Å². The highest BCUT2D eigenvalue weighted by Crippen LogP contribution is 2.33. The zero-order chi connectivity index (χ0) is 14.7. The van der Waals surface area contributed by atoms with Gasteiger partial charge in [0.2, 0.25) is 0 Å². The minimum Gasteiger partial charge on any atom is -0.362 e. The highest BCUT2D eigenvalue weighted by atomic mass is 32.1. The fourth-order valence-electron chi connectivity index (χ4n) is 3.02. The molecule has 3 nitrogen and oxygen atoms in total. The van der Waals surface area contributed by atoms with E-state index in [4.69, 9.17) is 0 Å². The number of nitrogens with one attached hydrogen (secondary N) is 1. The maximum atomic E-state index is 4.57. The largest absolute Gasteiger partial charge is 0.362 e. The Kier molecular flexibility index (Phi) is 4.76. The number of hydrogen-bond donors (Lipinski definition) is 1. The predicted octanol–water partition coefficient (Wildman–Crippen LogP) is 3.76. The monoisotopic (exact) mass is 303 g/mol. The van der Waals surface area contributed by atoms with Gasteiger partial charge in [0.1, 0.15) is 5.00 Å². The van der Waals surface area contributed by atoms with Crippen LogP contribution in [0.2, 0.25) is 0 Å². The molecule has 0 aliphatic carbocycles. The van der Waals surface area contributed by atoms with E-state index in [9.17, 15) is 0 Å². The first-order valence-corrected chi connectivity index (χ1v) is 8.81. The van der Waals surface area contributed by atoms with Gasteiger partial charge in [-0.1, -0.05) is 26.0 Å². The molecular formula is C17H25N3S. The molecule has 1 saturated heterocycles. The molecule has 114 valence electrons. The van der Waals surface area contributed by atoms with Gasteiger partial charge in [0.15, 0.2) is 0 Å². The van der Waals surface area contributed by atoms with E-state index in [0.29, 0.717) is 0 Å². The van der Waals surface area contributed by atoms with Gasteiger partial charge in [-0.2, -0.15) is 4.37 Å². The number of fused-ring (bicyclic) bond motifs is 1. The van der Waals surface area contributed by atoms with Crippen molar-refractivity contribution in [1.29, 1.82) is 0 Å². The van der Waals surface area contributed by atoms with Crippen molar-refractivity contribution in [1.82, 2.24) is 9.69 Å². The van der Waals surface area contributed by atoms with Crippen LogP contribution in [0.1, 0.15) is 26.7 Å². The van der Waals surface area contributed by atoms with Crippen LogP contribution < -0.4 is 10.2 Å². The Morgan fingerprint density at radius 2 is 2.05 bits per heavy atom. The standard InChI is InChI=1S/C17H25N3S/c1-13(2)11-18-12-14-7-9-20(10-8-14)17-15-5-3-4-6-16(15)19-21-17/h3-6,13-14,18H,7-12H2,1-2H3. The summed E-state index contributed by atoms with van der Waals surface area (Å²) < 4.78 is 4.57. The highest BCUT2D eigenvalue weighted by molar-refractivity contribution is 7.11. The first-order valence-electron chi connectivity index (χ1n) is 8.04. The molecule has 0 spiro atoms. The molecular weight excluding hydrogens is 278 g/mol. The molecule has 1 N–H and O–H groups in total. The number of aromatic nitrogens is 1. The van der Waals surface area contributed by atoms with Crippen LogP contribution >= 0.6 is 11.5 Å². The lowest BCUT2D eigenvalue weighted by molar-refractivity contribution is 0.375. The molecule has 0 unspecified atom stereocenters. The van der Waals surface area contributed by atoms with Crippen molar-refractivity contribution in [3.8, 4) is 0 Å². The van der Waals surface area contributed by atoms with Gasteiger partial charge in [0, 0.05) is 18.5 Å². The van der Waals surface area contributed by atoms with Gasteiger partial charge in [0.25, 0.3) is 0 Å². The van der Waals surface area contributed by atoms with Crippen LogP contribution in [0.5, 0.6) is 0 Å². The van der Waals surface area contributed by atoms with E-state index in [1.807, 2.05) is 0 Å². The maximum Gasteiger partial charge on any atom is 0.119 e. The number of hydrogen-bond acceptors (Lipinski definition) is 4. The molecule has 1 aliphatic rings. The molecule has 0 saturated carbocycles. The Morgan fingerprint density at radius 1 is 1.29 bits per heavy atom. The molecule has 1 aliphatic heterocycles.